The van der Waals surface area contributed by atoms with E-state index < -0.39 is 0 Å². The molecule has 1 radical (unpaired) electrons. The Morgan fingerprint density at radius 3 is 1.14 bits per heavy atom. The molecule has 0 aliphatic heterocycles. The van der Waals surface area contributed by atoms with Gasteiger partial charge in [0.25, 0.3) is 0 Å². The molecule has 0 unspecified atom stereocenters. The summed E-state index contributed by atoms with van der Waals surface area (Å²) < 4.78 is 0. The second kappa shape index (κ2) is 21.0. The fraction of sp³-hybridized carbons (Fsp3) is 0.309. The van der Waals surface area contributed by atoms with Gasteiger partial charge in [-0.2, -0.15) is 0 Å². The molecule has 3 aliphatic carbocycles. The Kier molecular flexibility index (Phi) is 14.8. The smallest absolute Gasteiger partial charge is 0.0215 e. The first kappa shape index (κ1) is 49.3. The summed E-state index contributed by atoms with van der Waals surface area (Å²) in [5.74, 6) is 0. The Balaban J connectivity index is 0.000000407. The molecule has 0 spiro atoms. The molecule has 0 fully saturated rings. The van der Waals surface area contributed by atoms with Gasteiger partial charge in [0.05, 0.1) is 0 Å². The van der Waals surface area contributed by atoms with E-state index in [4.69, 9.17) is 0 Å². The largest absolute Gasteiger partial charge is 0.305 e. The molecular weight excluding hydrogens is 1020 g/mol. The van der Waals surface area contributed by atoms with Gasteiger partial charge in [-0.3, -0.25) is 0 Å². The van der Waals surface area contributed by atoms with Crippen molar-refractivity contribution in [3.63, 3.8) is 0 Å². The average molecular weight is 1090 g/mol. The second-order valence-corrected chi connectivity index (χ2v) is 20.8. The van der Waals surface area contributed by atoms with Crippen molar-refractivity contribution in [3.8, 4) is 66.9 Å². The number of unbranched alkanes of at least 4 members (excludes halogenated alkanes) is 4. The summed E-state index contributed by atoms with van der Waals surface area (Å²) in [6.45, 7) is 14.3. The fourth-order valence-electron chi connectivity index (χ4n) is 12.7. The van der Waals surface area contributed by atoms with Gasteiger partial charge in [0.1, 0.15) is 0 Å². The topological polar surface area (TPSA) is 12.9 Å². The van der Waals surface area contributed by atoms with Gasteiger partial charge < -0.3 is 4.98 Å². The first-order chi connectivity index (χ1) is 33.8. The number of aromatic nitrogens is 1. The third-order valence-electron chi connectivity index (χ3n) is 16.4. The standard InChI is InChI=1S/C57H62.C11H8N.Ir/c1-7-11-31-56(32-12-8-2)49-21-17-15-19-43(49)47-29-25-41(37-53(47)56)39-23-27-45-46-28-24-40(36-52(46)55(5,6)51(45)35-39)42-26-30-48-44-20-16-18-22-50(44)57(33-13-9-3,34-14-10-4)54(48)38-42;1-2-6-10(7-3-1)11-8-4-5-9-12-11;/h15-30,35-38H,7-14,31-34H2,1-6H3;1-6,8-9H;/q;-1;. The van der Waals surface area contributed by atoms with Crippen LogP contribution in [0.15, 0.2) is 170 Å². The molecule has 1 aromatic heterocycles. The quantitative estimate of drug-likeness (QED) is 0.0933. The van der Waals surface area contributed by atoms with Crippen molar-refractivity contribution in [2.75, 3.05) is 0 Å². The Morgan fingerprint density at radius 2 is 0.757 bits per heavy atom. The summed E-state index contributed by atoms with van der Waals surface area (Å²) in [4.78, 5) is 4.22. The van der Waals surface area contributed by atoms with E-state index in [0.29, 0.717) is 0 Å². The minimum Gasteiger partial charge on any atom is -0.305 e. The molecule has 11 rings (SSSR count). The van der Waals surface area contributed by atoms with Crippen LogP contribution in [0, 0.1) is 6.07 Å². The van der Waals surface area contributed by atoms with Crippen molar-refractivity contribution in [1.82, 2.24) is 4.98 Å². The van der Waals surface area contributed by atoms with E-state index in [1.54, 1.807) is 28.5 Å². The molecule has 0 saturated heterocycles. The van der Waals surface area contributed by atoms with Crippen molar-refractivity contribution in [1.29, 1.82) is 0 Å². The molecule has 1 heterocycles. The molecule has 3 aliphatic rings. The van der Waals surface area contributed by atoms with Crippen LogP contribution in [0.25, 0.3) is 66.9 Å². The molecule has 0 saturated carbocycles. The third kappa shape index (κ3) is 8.68. The Labute approximate surface area is 433 Å². The molecule has 70 heavy (non-hydrogen) atoms. The summed E-state index contributed by atoms with van der Waals surface area (Å²) in [7, 11) is 0. The number of nitrogens with zero attached hydrogens (tertiary/aromatic N) is 1. The summed E-state index contributed by atoms with van der Waals surface area (Å²) in [6.07, 6.45) is 16.6. The predicted molar refractivity (Wildman–Crippen MR) is 294 cm³/mol. The number of hydrogen-bond donors (Lipinski definition) is 0. The van der Waals surface area contributed by atoms with E-state index in [2.05, 4.69) is 174 Å². The van der Waals surface area contributed by atoms with Crippen molar-refractivity contribution in [2.45, 2.75) is 135 Å². The van der Waals surface area contributed by atoms with Gasteiger partial charge >= 0.3 is 0 Å². The van der Waals surface area contributed by atoms with Crippen LogP contribution in [0.1, 0.15) is 152 Å². The molecule has 8 aromatic rings. The van der Waals surface area contributed by atoms with Crippen LogP contribution >= 0.6 is 0 Å². The Bertz CT molecular complexity index is 2860. The summed E-state index contributed by atoms with van der Waals surface area (Å²) in [6, 6.07) is 64.9. The van der Waals surface area contributed by atoms with Crippen LogP contribution in [-0.2, 0) is 36.4 Å². The second-order valence-electron chi connectivity index (χ2n) is 20.8. The molecule has 1 nitrogen and oxygen atoms in total. The SMILES string of the molecule is CCCCC1(CCCC)c2ccccc2-c2ccc(-c3ccc4c(c3)C(C)(C)c3cc(-c5ccc6c(c5)C(CCCC)(CCCC)c5ccccc5-6)ccc3-4)cc21.[Ir].[c-]1ccccc1-c1ccccn1. The summed E-state index contributed by atoms with van der Waals surface area (Å²) in [5.41, 5.74) is 25.2. The van der Waals surface area contributed by atoms with Crippen molar-refractivity contribution >= 4 is 0 Å². The molecule has 0 atom stereocenters. The fourth-order valence-corrected chi connectivity index (χ4v) is 12.7. The van der Waals surface area contributed by atoms with Crippen LogP contribution in [0.3, 0.4) is 0 Å². The maximum absolute atomic E-state index is 4.22. The van der Waals surface area contributed by atoms with E-state index in [-0.39, 0.29) is 36.4 Å². The zero-order valence-corrected chi connectivity index (χ0v) is 44.8. The van der Waals surface area contributed by atoms with Crippen LogP contribution in [0.2, 0.25) is 0 Å². The van der Waals surface area contributed by atoms with E-state index in [0.717, 1.165) is 11.3 Å². The van der Waals surface area contributed by atoms with Gasteiger partial charge in [-0.15, -0.1) is 35.9 Å². The normalized spacial score (nSPS) is 14.5. The van der Waals surface area contributed by atoms with Gasteiger partial charge in [0, 0.05) is 42.5 Å². The predicted octanol–water partition coefficient (Wildman–Crippen LogP) is 19.2. The number of pyridine rings is 1. The van der Waals surface area contributed by atoms with Gasteiger partial charge in [0.2, 0.25) is 0 Å². The monoisotopic (exact) mass is 1090 g/mol. The molecule has 0 bridgehead atoms. The zero-order valence-electron chi connectivity index (χ0n) is 42.4. The van der Waals surface area contributed by atoms with Crippen molar-refractivity contribution in [3.05, 3.63) is 209 Å². The van der Waals surface area contributed by atoms with Crippen molar-refractivity contribution < 1.29 is 20.1 Å². The van der Waals surface area contributed by atoms with Crippen LogP contribution in [-0.4, -0.2) is 4.98 Å². The van der Waals surface area contributed by atoms with E-state index >= 15 is 0 Å². The van der Waals surface area contributed by atoms with Crippen LogP contribution < -0.4 is 0 Å². The number of fused-ring (bicyclic) bond motifs is 9. The van der Waals surface area contributed by atoms with Gasteiger partial charge in [0.15, 0.2) is 0 Å². The molecule has 0 N–H and O–H groups in total. The minimum atomic E-state index is -0.103. The van der Waals surface area contributed by atoms with Gasteiger partial charge in [-0.05, 0) is 151 Å². The van der Waals surface area contributed by atoms with Crippen LogP contribution in [0.5, 0.6) is 0 Å². The maximum Gasteiger partial charge on any atom is 0.0215 e. The molecule has 357 valence electrons. The number of rotatable bonds is 15. The van der Waals surface area contributed by atoms with Gasteiger partial charge in [-0.25, -0.2) is 0 Å². The summed E-state index contributed by atoms with van der Waals surface area (Å²) in [5, 5.41) is 0. The van der Waals surface area contributed by atoms with E-state index in [9.17, 15) is 0 Å². The summed E-state index contributed by atoms with van der Waals surface area (Å²) >= 11 is 0. The zero-order chi connectivity index (χ0) is 47.6. The van der Waals surface area contributed by atoms with Gasteiger partial charge in [-0.1, -0.05) is 202 Å². The Morgan fingerprint density at radius 1 is 0.386 bits per heavy atom. The molecule has 7 aromatic carbocycles. The number of benzene rings is 7. The average Bonchev–Trinajstić information content (AvgIpc) is 3.93. The molecule has 0 amide bonds. The molecule has 2 heteroatoms. The molecular formula is C68H70IrN-. The number of hydrogen-bond acceptors (Lipinski definition) is 1. The van der Waals surface area contributed by atoms with Crippen molar-refractivity contribution in [2.24, 2.45) is 0 Å². The van der Waals surface area contributed by atoms with E-state index in [1.807, 2.05) is 42.5 Å². The first-order valence-corrected chi connectivity index (χ1v) is 26.4. The Hall–Kier alpha value is -5.66. The van der Waals surface area contributed by atoms with E-state index in [1.165, 1.54) is 144 Å². The first-order valence-electron chi connectivity index (χ1n) is 26.4. The minimum absolute atomic E-state index is 0. The van der Waals surface area contributed by atoms with Crippen LogP contribution in [0.4, 0.5) is 0 Å². The third-order valence-corrected chi connectivity index (χ3v) is 16.4. The maximum atomic E-state index is 4.22.